The van der Waals surface area contributed by atoms with Crippen molar-refractivity contribution in [3.05, 3.63) is 34.8 Å². The molecular formula is C20H29N3O3S. The van der Waals surface area contributed by atoms with Gasteiger partial charge < -0.3 is 20.4 Å². The zero-order valence-corrected chi connectivity index (χ0v) is 17.3. The van der Waals surface area contributed by atoms with Gasteiger partial charge in [0.15, 0.2) is 0 Å². The number of H-pyrrole nitrogens is 1. The van der Waals surface area contributed by atoms with Crippen LogP contribution in [0.15, 0.2) is 17.8 Å². The zero-order chi connectivity index (χ0) is 20.1. The molecule has 1 aromatic heterocycles. The summed E-state index contributed by atoms with van der Waals surface area (Å²) in [5, 5.41) is 0. The first-order chi connectivity index (χ1) is 12.8. The van der Waals surface area contributed by atoms with Crippen molar-refractivity contribution in [2.75, 3.05) is 19.7 Å². The molecule has 1 aliphatic rings. The molecule has 3 N–H and O–H groups in total. The van der Waals surface area contributed by atoms with Gasteiger partial charge in [-0.25, -0.2) is 4.79 Å². The molecule has 2 unspecified atom stereocenters. The highest BCUT2D eigenvalue weighted by Crippen LogP contribution is 2.34. The van der Waals surface area contributed by atoms with Gasteiger partial charge in [0.25, 0.3) is 0 Å². The van der Waals surface area contributed by atoms with E-state index >= 15 is 0 Å². The maximum Gasteiger partial charge on any atom is 0.354 e. The third-order valence-electron chi connectivity index (χ3n) is 4.85. The van der Waals surface area contributed by atoms with Gasteiger partial charge in [-0.05, 0) is 37.8 Å². The first-order valence-corrected chi connectivity index (χ1v) is 9.86. The number of allylic oxidation sites excluding steroid dienone is 2. The Morgan fingerprint density at radius 1 is 1.48 bits per heavy atom. The Hall–Kier alpha value is -2.15. The Labute approximate surface area is 166 Å². The maximum atomic E-state index is 12.6. The average Bonchev–Trinajstić information content (AvgIpc) is 3.19. The lowest BCUT2D eigenvalue weighted by Gasteiger charge is -2.23. The summed E-state index contributed by atoms with van der Waals surface area (Å²) in [4.78, 5) is 30.8. The molecule has 1 fully saturated rings. The summed E-state index contributed by atoms with van der Waals surface area (Å²) in [5.41, 5.74) is 7.45. The van der Waals surface area contributed by atoms with E-state index in [2.05, 4.69) is 23.7 Å². The molecule has 7 heteroatoms. The number of thiocarbonyl (C=S) groups is 1. The number of nitrogens with zero attached hydrogens (tertiary/aromatic N) is 1. The molecule has 0 radical (unpaired) electrons. The summed E-state index contributed by atoms with van der Waals surface area (Å²) < 4.78 is 5.07. The van der Waals surface area contributed by atoms with Crippen molar-refractivity contribution in [3.63, 3.8) is 0 Å². The number of esters is 1. The van der Waals surface area contributed by atoms with Crippen LogP contribution in [0.4, 0.5) is 0 Å². The van der Waals surface area contributed by atoms with Gasteiger partial charge in [-0.2, -0.15) is 0 Å². The summed E-state index contributed by atoms with van der Waals surface area (Å²) in [6.07, 6.45) is 3.27. The smallest absolute Gasteiger partial charge is 0.354 e. The van der Waals surface area contributed by atoms with Crippen molar-refractivity contribution in [3.8, 4) is 0 Å². The number of nitrogens with two attached hydrogens (primary N) is 1. The van der Waals surface area contributed by atoms with Gasteiger partial charge in [0.1, 0.15) is 5.69 Å². The van der Waals surface area contributed by atoms with Crippen molar-refractivity contribution in [1.29, 1.82) is 0 Å². The minimum absolute atomic E-state index is 0.0751. The van der Waals surface area contributed by atoms with Crippen LogP contribution in [-0.2, 0) is 4.74 Å². The molecule has 2 heterocycles. The molecule has 148 valence electrons. The lowest BCUT2D eigenvalue weighted by Crippen LogP contribution is -2.30. The van der Waals surface area contributed by atoms with Crippen LogP contribution in [0, 0.1) is 5.92 Å². The molecule has 0 bridgehead atoms. The quantitative estimate of drug-likeness (QED) is 0.306. The summed E-state index contributed by atoms with van der Waals surface area (Å²) in [5.74, 6) is -0.267. The summed E-state index contributed by atoms with van der Waals surface area (Å²) in [6.45, 7) is 9.79. The number of hydrogen-bond acceptors (Lipinski definition) is 5. The molecule has 27 heavy (non-hydrogen) atoms. The number of rotatable bonds is 8. The predicted molar refractivity (Wildman–Crippen MR) is 110 cm³/mol. The van der Waals surface area contributed by atoms with Crippen LogP contribution in [0.1, 0.15) is 73.0 Å². The normalized spacial score (nSPS) is 18.7. The lowest BCUT2D eigenvalue weighted by molar-refractivity contribution is 0.0520. The van der Waals surface area contributed by atoms with Gasteiger partial charge in [0.2, 0.25) is 5.78 Å². The van der Waals surface area contributed by atoms with Crippen LogP contribution in [0.5, 0.6) is 0 Å². The Morgan fingerprint density at radius 2 is 2.19 bits per heavy atom. The first kappa shape index (κ1) is 21.2. The lowest BCUT2D eigenvalue weighted by atomic mass is 9.96. The third-order valence-corrected chi connectivity index (χ3v) is 5.39. The van der Waals surface area contributed by atoms with E-state index in [9.17, 15) is 9.59 Å². The van der Waals surface area contributed by atoms with Crippen LogP contribution >= 0.6 is 12.2 Å². The van der Waals surface area contributed by atoms with Crippen molar-refractivity contribution in [1.82, 2.24) is 9.88 Å². The molecule has 1 saturated heterocycles. The minimum Gasteiger partial charge on any atom is -0.461 e. The van der Waals surface area contributed by atoms with E-state index < -0.39 is 5.97 Å². The van der Waals surface area contributed by atoms with Crippen LogP contribution in [0.2, 0.25) is 0 Å². The molecule has 0 spiro atoms. The summed E-state index contributed by atoms with van der Waals surface area (Å²) in [7, 11) is 0. The monoisotopic (exact) mass is 391 g/mol. The number of ketones is 1. The van der Waals surface area contributed by atoms with Gasteiger partial charge in [0.05, 0.1) is 17.3 Å². The standard InChI is InChI=1S/C20H29N3O3S/c1-5-12(3)11-23-8-7-14(19(23)27)15-10-16(20(25)26-6-2)22-18(15)17(24)9-13(4)21/h9-10,12,14,22H,5-8,11,21H2,1-4H3/b13-9-. The molecule has 1 aromatic rings. The number of carbonyl (C=O) groups excluding carboxylic acids is 2. The van der Waals surface area contributed by atoms with Crippen molar-refractivity contribution < 1.29 is 14.3 Å². The van der Waals surface area contributed by atoms with Crippen molar-refractivity contribution in [2.45, 2.75) is 46.5 Å². The average molecular weight is 392 g/mol. The zero-order valence-electron chi connectivity index (χ0n) is 16.5. The molecule has 0 amide bonds. The van der Waals surface area contributed by atoms with Crippen LogP contribution in [0.25, 0.3) is 0 Å². The second-order valence-electron chi connectivity index (χ2n) is 7.13. The number of hydrogen-bond donors (Lipinski definition) is 2. The molecule has 0 aliphatic carbocycles. The second-order valence-corrected chi connectivity index (χ2v) is 7.54. The topological polar surface area (TPSA) is 88.4 Å². The first-order valence-electron chi connectivity index (χ1n) is 9.45. The van der Waals surface area contributed by atoms with E-state index in [0.29, 0.717) is 17.3 Å². The summed E-state index contributed by atoms with van der Waals surface area (Å²) >= 11 is 5.71. The number of aromatic amines is 1. The molecule has 0 aromatic carbocycles. The van der Waals surface area contributed by atoms with Crippen LogP contribution < -0.4 is 5.73 Å². The van der Waals surface area contributed by atoms with Crippen molar-refractivity contribution >= 4 is 29.0 Å². The fourth-order valence-corrected chi connectivity index (χ4v) is 3.67. The molecule has 2 rings (SSSR count). The fourth-order valence-electron chi connectivity index (χ4n) is 3.26. The van der Waals surface area contributed by atoms with E-state index in [1.54, 1.807) is 19.9 Å². The molecule has 6 nitrogen and oxygen atoms in total. The number of aromatic nitrogens is 1. The number of carbonyl (C=O) groups is 2. The molecule has 0 saturated carbocycles. The highest BCUT2D eigenvalue weighted by Gasteiger charge is 2.34. The number of likely N-dealkylation sites (tertiary alicyclic amines) is 1. The number of nitrogens with one attached hydrogen (secondary N) is 1. The second kappa shape index (κ2) is 9.17. The van der Waals surface area contributed by atoms with Crippen molar-refractivity contribution in [2.24, 2.45) is 11.7 Å². The van der Waals surface area contributed by atoms with Gasteiger partial charge >= 0.3 is 5.97 Å². The van der Waals surface area contributed by atoms with E-state index in [0.717, 1.165) is 36.5 Å². The van der Waals surface area contributed by atoms with Gasteiger partial charge in [-0.3, -0.25) is 4.79 Å². The highest BCUT2D eigenvalue weighted by molar-refractivity contribution is 7.80. The van der Waals surface area contributed by atoms with Gasteiger partial charge in [-0.1, -0.05) is 32.5 Å². The van der Waals surface area contributed by atoms with E-state index in [-0.39, 0.29) is 24.0 Å². The third kappa shape index (κ3) is 4.97. The minimum atomic E-state index is -0.480. The van der Waals surface area contributed by atoms with Crippen LogP contribution in [0.3, 0.4) is 0 Å². The largest absolute Gasteiger partial charge is 0.461 e. The van der Waals surface area contributed by atoms with Gasteiger partial charge in [-0.15, -0.1) is 0 Å². The van der Waals surface area contributed by atoms with Crippen LogP contribution in [-0.4, -0.2) is 46.3 Å². The SMILES string of the molecule is CCOC(=O)c1cc(C2CCN(CC(C)CC)C2=S)c(C(=O)/C=C(/C)N)[nH]1. The molecule has 1 aliphatic heterocycles. The van der Waals surface area contributed by atoms with E-state index in [4.69, 9.17) is 22.7 Å². The molecular weight excluding hydrogens is 362 g/mol. The van der Waals surface area contributed by atoms with E-state index in [1.165, 1.54) is 6.08 Å². The molecule has 2 atom stereocenters. The Morgan fingerprint density at radius 3 is 2.78 bits per heavy atom. The van der Waals surface area contributed by atoms with E-state index in [1.807, 2.05) is 0 Å². The van der Waals surface area contributed by atoms with Gasteiger partial charge in [0, 0.05) is 30.8 Å². The highest BCUT2D eigenvalue weighted by atomic mass is 32.1. The number of ether oxygens (including phenoxy) is 1. The Kier molecular flexibility index (Phi) is 7.18. The Bertz CT molecular complexity index is 750. The predicted octanol–water partition coefficient (Wildman–Crippen LogP) is 3.40. The summed E-state index contributed by atoms with van der Waals surface area (Å²) in [6, 6.07) is 1.70. The Balaban J connectivity index is 2.36. The fraction of sp³-hybridized carbons (Fsp3) is 0.550. The maximum absolute atomic E-state index is 12.6.